The number of carbonyl (C=O) groups excluding carboxylic acids is 2. The third-order valence-corrected chi connectivity index (χ3v) is 6.97. The molecule has 4 fully saturated rings. The Morgan fingerprint density at radius 3 is 2.68 bits per heavy atom. The van der Waals surface area contributed by atoms with Gasteiger partial charge in [0.25, 0.3) is 0 Å². The minimum Gasteiger partial charge on any atom is -0.440 e. The number of halogens is 2. The number of hydrogen-bond acceptors (Lipinski definition) is 5. The molecule has 0 N–H and O–H groups in total. The van der Waals surface area contributed by atoms with E-state index < -0.39 is 12.2 Å². The molecule has 2 amide bonds. The van der Waals surface area contributed by atoms with E-state index in [1.165, 1.54) is 6.07 Å². The number of fused-ring (bicyclic) bond motifs is 2. The molecule has 3 aliphatic heterocycles. The number of likely N-dealkylation sites (tertiary alicyclic amines) is 1. The highest BCUT2D eigenvalue weighted by Gasteiger charge is 2.57. The van der Waals surface area contributed by atoms with Crippen molar-refractivity contribution in [2.24, 2.45) is 5.92 Å². The van der Waals surface area contributed by atoms with E-state index in [2.05, 4.69) is 9.64 Å². The van der Waals surface area contributed by atoms with E-state index in [0.29, 0.717) is 52.1 Å². The molecular formula is C22H27F2N3O4. The molecule has 7 nitrogen and oxygen atoms in total. The molecule has 168 valence electrons. The van der Waals surface area contributed by atoms with Crippen LogP contribution in [0.4, 0.5) is 13.6 Å². The maximum absolute atomic E-state index is 12.5. The zero-order valence-corrected chi connectivity index (χ0v) is 17.3. The quantitative estimate of drug-likeness (QED) is 0.712. The highest BCUT2D eigenvalue weighted by atomic mass is 19.3. The van der Waals surface area contributed by atoms with Gasteiger partial charge in [-0.05, 0) is 30.5 Å². The van der Waals surface area contributed by atoms with Gasteiger partial charge in [0.05, 0.1) is 6.04 Å². The average molecular weight is 435 g/mol. The normalized spacial score (nSPS) is 25.6. The second-order valence-electron chi connectivity index (χ2n) is 9.00. The molecule has 9 heteroatoms. The highest BCUT2D eigenvalue weighted by Crippen LogP contribution is 2.41. The summed E-state index contributed by atoms with van der Waals surface area (Å²) >= 11 is 0. The lowest BCUT2D eigenvalue weighted by atomic mass is 9.83. The summed E-state index contributed by atoms with van der Waals surface area (Å²) in [6.45, 7) is 0.902. The van der Waals surface area contributed by atoms with Crippen LogP contribution in [0.3, 0.4) is 0 Å². The van der Waals surface area contributed by atoms with E-state index in [0.717, 1.165) is 18.4 Å². The molecule has 1 saturated carbocycles. The summed E-state index contributed by atoms with van der Waals surface area (Å²) in [5.41, 5.74) is 0.326. The van der Waals surface area contributed by atoms with Crippen LogP contribution in [0.5, 0.6) is 5.75 Å². The fraction of sp³-hybridized carbons (Fsp3) is 0.636. The minimum absolute atomic E-state index is 0.0626. The Balaban J connectivity index is 1.25. The van der Waals surface area contributed by atoms with Gasteiger partial charge in [-0.1, -0.05) is 12.1 Å². The largest absolute Gasteiger partial charge is 0.440 e. The lowest BCUT2D eigenvalue weighted by Crippen LogP contribution is -2.60. The van der Waals surface area contributed by atoms with Crippen molar-refractivity contribution in [1.29, 1.82) is 0 Å². The number of rotatable bonds is 5. The van der Waals surface area contributed by atoms with Crippen LogP contribution in [0.15, 0.2) is 24.3 Å². The Hall–Kier alpha value is -2.42. The summed E-state index contributed by atoms with van der Waals surface area (Å²) in [6, 6.07) is 6.68. The lowest BCUT2D eigenvalue weighted by molar-refractivity contribution is -0.137. The molecule has 1 aromatic carbocycles. The third kappa shape index (κ3) is 4.07. The standard InChI is InChI=1S/C22H27F2N3O4/c23-20(24)30-17-3-1-2-15(12-17)13-25-10-11-27-18(14-25)22(31-21(27)29)6-8-26(9-7-22)19(28)16-4-5-16/h1-3,12,16,18,20H,4-11,13-14H2. The smallest absolute Gasteiger partial charge is 0.410 e. The van der Waals surface area contributed by atoms with Crippen LogP contribution >= 0.6 is 0 Å². The second-order valence-corrected chi connectivity index (χ2v) is 9.00. The predicted molar refractivity (Wildman–Crippen MR) is 107 cm³/mol. The zero-order chi connectivity index (χ0) is 21.6. The van der Waals surface area contributed by atoms with Crippen molar-refractivity contribution < 1.29 is 27.8 Å². The van der Waals surface area contributed by atoms with Gasteiger partial charge in [0.15, 0.2) is 0 Å². The van der Waals surface area contributed by atoms with Crippen molar-refractivity contribution >= 4 is 12.0 Å². The van der Waals surface area contributed by atoms with Crippen LogP contribution in [-0.2, 0) is 16.1 Å². The summed E-state index contributed by atoms with van der Waals surface area (Å²) in [5, 5.41) is 0. The molecule has 3 heterocycles. The van der Waals surface area contributed by atoms with Crippen LogP contribution in [0, 0.1) is 5.92 Å². The van der Waals surface area contributed by atoms with Gasteiger partial charge in [-0.2, -0.15) is 8.78 Å². The number of nitrogens with zero attached hydrogens (tertiary/aromatic N) is 3. The monoisotopic (exact) mass is 435 g/mol. The molecule has 31 heavy (non-hydrogen) atoms. The van der Waals surface area contributed by atoms with Gasteiger partial charge in [0.2, 0.25) is 5.91 Å². The number of carbonyl (C=O) groups is 2. The maximum Gasteiger partial charge on any atom is 0.410 e. The molecule has 1 atom stereocenters. The Morgan fingerprint density at radius 1 is 1.19 bits per heavy atom. The topological polar surface area (TPSA) is 62.3 Å². The fourth-order valence-corrected chi connectivity index (χ4v) is 5.16. The molecule has 0 aromatic heterocycles. The molecule has 0 bridgehead atoms. The molecule has 1 aliphatic carbocycles. The highest BCUT2D eigenvalue weighted by molar-refractivity contribution is 5.81. The van der Waals surface area contributed by atoms with Gasteiger partial charge >= 0.3 is 12.7 Å². The first kappa shape index (κ1) is 20.5. The number of alkyl halides is 2. The molecular weight excluding hydrogens is 408 g/mol. The van der Waals surface area contributed by atoms with Crippen molar-refractivity contribution in [2.45, 2.75) is 50.5 Å². The Morgan fingerprint density at radius 2 is 1.97 bits per heavy atom. The van der Waals surface area contributed by atoms with Crippen molar-refractivity contribution in [2.75, 3.05) is 32.7 Å². The number of ether oxygens (including phenoxy) is 2. The van der Waals surface area contributed by atoms with E-state index in [9.17, 15) is 18.4 Å². The Bertz CT molecular complexity index is 855. The first-order valence-corrected chi connectivity index (χ1v) is 11.0. The summed E-state index contributed by atoms with van der Waals surface area (Å²) < 4.78 is 35.5. The molecule has 1 aromatic rings. The number of hydrogen-bond donors (Lipinski definition) is 0. The third-order valence-electron chi connectivity index (χ3n) is 6.97. The van der Waals surface area contributed by atoms with Crippen LogP contribution in [0.1, 0.15) is 31.2 Å². The van der Waals surface area contributed by atoms with E-state index >= 15 is 0 Å². The summed E-state index contributed by atoms with van der Waals surface area (Å²) in [5.74, 6) is 0.591. The van der Waals surface area contributed by atoms with E-state index in [1.807, 2.05) is 15.9 Å². The summed E-state index contributed by atoms with van der Waals surface area (Å²) in [4.78, 5) is 30.9. The van der Waals surface area contributed by atoms with E-state index in [-0.39, 0.29) is 29.7 Å². The number of piperidine rings is 1. The van der Waals surface area contributed by atoms with E-state index in [4.69, 9.17) is 4.74 Å². The van der Waals surface area contributed by atoms with Crippen LogP contribution < -0.4 is 4.74 Å². The zero-order valence-electron chi connectivity index (χ0n) is 17.3. The van der Waals surface area contributed by atoms with Gasteiger partial charge in [0.1, 0.15) is 11.4 Å². The average Bonchev–Trinajstić information content (AvgIpc) is 3.55. The lowest BCUT2D eigenvalue weighted by Gasteiger charge is -2.45. The SMILES string of the molecule is O=C(C1CC1)N1CCC2(CC1)OC(=O)N1CCN(Cc3cccc(OC(F)F)c3)CC12. The number of amides is 2. The second kappa shape index (κ2) is 7.93. The van der Waals surface area contributed by atoms with Crippen LogP contribution in [0.25, 0.3) is 0 Å². The maximum atomic E-state index is 12.5. The Labute approximate surface area is 179 Å². The van der Waals surface area contributed by atoms with Gasteiger partial charge in [-0.25, -0.2) is 4.79 Å². The summed E-state index contributed by atoms with van der Waals surface area (Å²) in [6.07, 6.45) is 3.03. The van der Waals surface area contributed by atoms with E-state index in [1.54, 1.807) is 12.1 Å². The first-order valence-electron chi connectivity index (χ1n) is 11.0. The molecule has 3 saturated heterocycles. The Kier molecular flexibility index (Phi) is 5.24. The van der Waals surface area contributed by atoms with Gasteiger partial charge in [0, 0.05) is 58.0 Å². The van der Waals surface area contributed by atoms with Crippen molar-refractivity contribution in [3.63, 3.8) is 0 Å². The number of piperazine rings is 1. The predicted octanol–water partition coefficient (Wildman–Crippen LogP) is 2.70. The summed E-state index contributed by atoms with van der Waals surface area (Å²) in [7, 11) is 0. The van der Waals surface area contributed by atoms with Gasteiger partial charge in [-0.15, -0.1) is 0 Å². The first-order chi connectivity index (χ1) is 14.9. The van der Waals surface area contributed by atoms with Crippen molar-refractivity contribution in [1.82, 2.24) is 14.7 Å². The van der Waals surface area contributed by atoms with Gasteiger partial charge < -0.3 is 14.4 Å². The molecule has 1 unspecified atom stereocenters. The van der Waals surface area contributed by atoms with Gasteiger partial charge in [-0.3, -0.25) is 14.6 Å². The number of benzene rings is 1. The molecule has 0 radical (unpaired) electrons. The van der Waals surface area contributed by atoms with Crippen molar-refractivity contribution in [3.8, 4) is 5.75 Å². The fourth-order valence-electron chi connectivity index (χ4n) is 5.16. The van der Waals surface area contributed by atoms with Crippen LogP contribution in [0.2, 0.25) is 0 Å². The minimum atomic E-state index is -2.85. The molecule has 1 spiro atoms. The van der Waals surface area contributed by atoms with Crippen LogP contribution in [-0.4, -0.2) is 77.7 Å². The van der Waals surface area contributed by atoms with Crippen molar-refractivity contribution in [3.05, 3.63) is 29.8 Å². The molecule has 5 rings (SSSR count). The molecule has 4 aliphatic rings.